The number of rotatable bonds is 6. The van der Waals surface area contributed by atoms with Crippen molar-refractivity contribution in [2.24, 2.45) is 5.73 Å². The van der Waals surface area contributed by atoms with Crippen LogP contribution in [0.3, 0.4) is 0 Å². The van der Waals surface area contributed by atoms with Crippen molar-refractivity contribution in [2.45, 2.75) is 18.9 Å². The lowest BCUT2D eigenvalue weighted by Crippen LogP contribution is -2.32. The molecule has 0 aliphatic heterocycles. The number of halogens is 1. The standard InChI is InChI=1S/C7H13FN2O3/c8-4-6(11)10-3-1-2-5(9)7(12)13/h5H,1-4,9H2,(H,10,11)(H,12,13). The SMILES string of the molecule is NC(CCCNC(=O)CF)C(=O)O. The number of alkyl halides is 1. The minimum Gasteiger partial charge on any atom is -0.480 e. The van der Waals surface area contributed by atoms with Gasteiger partial charge in [-0.25, -0.2) is 4.39 Å². The van der Waals surface area contributed by atoms with Crippen molar-refractivity contribution in [3.63, 3.8) is 0 Å². The first-order valence-electron chi connectivity index (χ1n) is 3.89. The molecule has 0 aromatic rings. The highest BCUT2D eigenvalue weighted by atomic mass is 19.1. The summed E-state index contributed by atoms with van der Waals surface area (Å²) in [5.41, 5.74) is 5.18. The van der Waals surface area contributed by atoms with Gasteiger partial charge in [-0.1, -0.05) is 0 Å². The molecule has 0 heterocycles. The summed E-state index contributed by atoms with van der Waals surface area (Å²) < 4.78 is 11.6. The van der Waals surface area contributed by atoms with E-state index in [0.29, 0.717) is 6.42 Å². The smallest absolute Gasteiger partial charge is 0.320 e. The average molecular weight is 192 g/mol. The van der Waals surface area contributed by atoms with Gasteiger partial charge in [-0.15, -0.1) is 0 Å². The lowest BCUT2D eigenvalue weighted by atomic mass is 10.2. The number of aliphatic carboxylic acids is 1. The lowest BCUT2D eigenvalue weighted by Gasteiger charge is -2.05. The molecule has 6 heteroatoms. The molecule has 0 saturated carbocycles. The summed E-state index contributed by atoms with van der Waals surface area (Å²) in [5.74, 6) is -1.76. The molecule has 0 rings (SSSR count). The fourth-order valence-corrected chi connectivity index (χ4v) is 0.721. The number of amides is 1. The van der Waals surface area contributed by atoms with E-state index in [0.717, 1.165) is 0 Å². The van der Waals surface area contributed by atoms with Crippen LogP contribution in [0.5, 0.6) is 0 Å². The molecule has 0 fully saturated rings. The summed E-state index contributed by atoms with van der Waals surface area (Å²) in [4.78, 5) is 20.6. The zero-order valence-corrected chi connectivity index (χ0v) is 7.12. The molecule has 0 bridgehead atoms. The van der Waals surface area contributed by atoms with E-state index in [1.165, 1.54) is 0 Å². The van der Waals surface area contributed by atoms with Crippen LogP contribution in [0.2, 0.25) is 0 Å². The Morgan fingerprint density at radius 1 is 1.54 bits per heavy atom. The third-order valence-electron chi connectivity index (χ3n) is 1.45. The minimum atomic E-state index is -1.07. The van der Waals surface area contributed by atoms with Crippen LogP contribution in [0.1, 0.15) is 12.8 Å². The molecule has 0 saturated heterocycles. The number of carbonyl (C=O) groups excluding carboxylic acids is 1. The fourth-order valence-electron chi connectivity index (χ4n) is 0.721. The molecule has 0 aliphatic carbocycles. The van der Waals surface area contributed by atoms with E-state index in [1.807, 2.05) is 0 Å². The molecule has 4 N–H and O–H groups in total. The molecule has 0 aromatic carbocycles. The molecule has 13 heavy (non-hydrogen) atoms. The van der Waals surface area contributed by atoms with Crippen LogP contribution in [-0.2, 0) is 9.59 Å². The summed E-state index contributed by atoms with van der Waals surface area (Å²) in [6, 6.07) is -0.915. The molecular weight excluding hydrogens is 179 g/mol. The summed E-state index contributed by atoms with van der Waals surface area (Å²) in [6.07, 6.45) is 0.696. The van der Waals surface area contributed by atoms with E-state index in [1.54, 1.807) is 0 Å². The lowest BCUT2D eigenvalue weighted by molar-refractivity contribution is -0.138. The third-order valence-corrected chi connectivity index (χ3v) is 1.45. The van der Waals surface area contributed by atoms with Gasteiger partial charge in [0.2, 0.25) is 0 Å². The number of carboxylic acid groups (broad SMARTS) is 1. The van der Waals surface area contributed by atoms with E-state index in [4.69, 9.17) is 10.8 Å². The van der Waals surface area contributed by atoms with Crippen LogP contribution in [0.4, 0.5) is 4.39 Å². The number of carbonyl (C=O) groups is 2. The number of nitrogens with one attached hydrogen (secondary N) is 1. The summed E-state index contributed by atoms with van der Waals surface area (Å²) >= 11 is 0. The maximum absolute atomic E-state index is 11.6. The van der Waals surface area contributed by atoms with Crippen molar-refractivity contribution in [3.05, 3.63) is 0 Å². The van der Waals surface area contributed by atoms with Gasteiger partial charge in [0, 0.05) is 6.54 Å². The molecule has 0 aromatic heterocycles. The van der Waals surface area contributed by atoms with Gasteiger partial charge in [0.15, 0.2) is 6.67 Å². The Balaban J connectivity index is 3.35. The Morgan fingerprint density at radius 3 is 2.62 bits per heavy atom. The van der Waals surface area contributed by atoms with E-state index >= 15 is 0 Å². The first-order valence-corrected chi connectivity index (χ1v) is 3.89. The van der Waals surface area contributed by atoms with Gasteiger partial charge < -0.3 is 16.2 Å². The Bertz CT molecular complexity index is 187. The average Bonchev–Trinajstić information content (AvgIpc) is 2.11. The third kappa shape index (κ3) is 6.03. The van der Waals surface area contributed by atoms with Gasteiger partial charge in [0.1, 0.15) is 6.04 Å². The molecule has 0 spiro atoms. The van der Waals surface area contributed by atoms with Crippen LogP contribution in [0.15, 0.2) is 0 Å². The van der Waals surface area contributed by atoms with Gasteiger partial charge in [0.05, 0.1) is 0 Å². The van der Waals surface area contributed by atoms with Crippen molar-refractivity contribution in [3.8, 4) is 0 Å². The second-order valence-corrected chi connectivity index (χ2v) is 2.57. The van der Waals surface area contributed by atoms with Gasteiger partial charge in [-0.2, -0.15) is 0 Å². The highest BCUT2D eigenvalue weighted by Gasteiger charge is 2.10. The first-order chi connectivity index (χ1) is 6.07. The highest BCUT2D eigenvalue weighted by molar-refractivity contribution is 5.76. The Morgan fingerprint density at radius 2 is 2.15 bits per heavy atom. The highest BCUT2D eigenvalue weighted by Crippen LogP contribution is 1.92. The first kappa shape index (κ1) is 11.8. The van der Waals surface area contributed by atoms with Gasteiger partial charge >= 0.3 is 5.97 Å². The van der Waals surface area contributed by atoms with Crippen LogP contribution < -0.4 is 11.1 Å². The number of hydrogen-bond acceptors (Lipinski definition) is 3. The molecule has 1 amide bonds. The van der Waals surface area contributed by atoms with E-state index in [9.17, 15) is 14.0 Å². The predicted molar refractivity (Wildman–Crippen MR) is 43.8 cm³/mol. The predicted octanol–water partition coefficient (Wildman–Crippen LogP) is -0.736. The van der Waals surface area contributed by atoms with Crippen LogP contribution >= 0.6 is 0 Å². The van der Waals surface area contributed by atoms with Gasteiger partial charge in [-0.3, -0.25) is 9.59 Å². The van der Waals surface area contributed by atoms with E-state index < -0.39 is 24.6 Å². The second-order valence-electron chi connectivity index (χ2n) is 2.57. The zero-order chi connectivity index (χ0) is 10.3. The normalized spacial score (nSPS) is 12.2. The van der Waals surface area contributed by atoms with Crippen molar-refractivity contribution < 1.29 is 19.1 Å². The van der Waals surface area contributed by atoms with Crippen molar-refractivity contribution in [2.75, 3.05) is 13.2 Å². The largest absolute Gasteiger partial charge is 0.480 e. The number of carboxylic acids is 1. The molecule has 1 atom stereocenters. The van der Waals surface area contributed by atoms with Crippen LogP contribution in [0, 0.1) is 0 Å². The maximum Gasteiger partial charge on any atom is 0.320 e. The Kier molecular flexibility index (Phi) is 5.79. The topological polar surface area (TPSA) is 92.4 Å². The van der Waals surface area contributed by atoms with Gasteiger partial charge in [-0.05, 0) is 12.8 Å². The second kappa shape index (κ2) is 6.36. The molecule has 0 radical (unpaired) electrons. The van der Waals surface area contributed by atoms with E-state index in [-0.39, 0.29) is 13.0 Å². The molecule has 0 aliphatic rings. The zero-order valence-electron chi connectivity index (χ0n) is 7.12. The van der Waals surface area contributed by atoms with Crippen molar-refractivity contribution in [1.29, 1.82) is 0 Å². The molecular formula is C7H13FN2O3. The minimum absolute atomic E-state index is 0.254. The molecule has 1 unspecified atom stereocenters. The van der Waals surface area contributed by atoms with Crippen molar-refractivity contribution in [1.82, 2.24) is 5.32 Å². The Labute approximate surface area is 75.1 Å². The summed E-state index contributed by atoms with van der Waals surface area (Å²) in [5, 5.41) is 10.6. The Hall–Kier alpha value is -1.17. The fraction of sp³-hybridized carbons (Fsp3) is 0.714. The van der Waals surface area contributed by atoms with Crippen LogP contribution in [0.25, 0.3) is 0 Å². The summed E-state index contributed by atoms with van der Waals surface area (Å²) in [6.45, 7) is -0.797. The van der Waals surface area contributed by atoms with Crippen LogP contribution in [-0.4, -0.2) is 36.2 Å². The number of hydrogen-bond donors (Lipinski definition) is 3. The maximum atomic E-state index is 11.6. The van der Waals surface area contributed by atoms with Gasteiger partial charge in [0.25, 0.3) is 5.91 Å². The number of nitrogens with two attached hydrogens (primary N) is 1. The quantitative estimate of drug-likeness (QED) is 0.483. The van der Waals surface area contributed by atoms with Crippen molar-refractivity contribution >= 4 is 11.9 Å². The molecule has 76 valence electrons. The summed E-state index contributed by atoms with van der Waals surface area (Å²) in [7, 11) is 0. The monoisotopic (exact) mass is 192 g/mol. The molecule has 5 nitrogen and oxygen atoms in total. The van der Waals surface area contributed by atoms with E-state index in [2.05, 4.69) is 5.32 Å².